The van der Waals surface area contributed by atoms with Crippen molar-refractivity contribution in [1.29, 1.82) is 0 Å². The number of hydrogen-bond donors (Lipinski definition) is 1. The van der Waals surface area contributed by atoms with Crippen molar-refractivity contribution in [3.8, 4) is 34.5 Å². The number of hydrogen-bond acceptors (Lipinski definition) is 8. The van der Waals surface area contributed by atoms with Crippen LogP contribution in [0.2, 0.25) is 0 Å². The average molecular weight is 431 g/mol. The van der Waals surface area contributed by atoms with Crippen LogP contribution in [0, 0.1) is 0 Å². The minimum Gasteiger partial charge on any atom is -0.493 e. The topological polar surface area (TPSA) is 88.0 Å². The van der Waals surface area contributed by atoms with E-state index < -0.39 is 0 Å². The molecule has 3 rings (SSSR count). The zero-order chi connectivity index (χ0) is 22.5. The lowest BCUT2D eigenvalue weighted by atomic mass is 9.90. The van der Waals surface area contributed by atoms with Crippen LogP contribution in [-0.2, 0) is 0 Å². The van der Waals surface area contributed by atoms with Crippen molar-refractivity contribution in [2.45, 2.75) is 24.7 Å². The fourth-order valence-electron chi connectivity index (χ4n) is 4.29. The van der Waals surface area contributed by atoms with Crippen LogP contribution in [0.25, 0.3) is 0 Å². The molecule has 1 N–H and O–H groups in total. The van der Waals surface area contributed by atoms with E-state index in [4.69, 9.17) is 28.4 Å². The molecule has 1 aliphatic rings. The standard InChI is InChI=1S/C23H29NO7/c1-26-17-9-13(10-18(27-2)22(17)30-5)15-7-8-16(21(15)24-25)14-11-19(28-3)23(31-6)20(12-14)29-4/h9-12,15-16,25H,7-8H2,1-6H3/t15-,16-/m1/s1. The third-order valence-electron chi connectivity index (χ3n) is 5.75. The van der Waals surface area contributed by atoms with Crippen LogP contribution in [0.1, 0.15) is 35.8 Å². The number of benzene rings is 2. The van der Waals surface area contributed by atoms with E-state index in [1.807, 2.05) is 24.3 Å². The largest absolute Gasteiger partial charge is 0.493 e. The van der Waals surface area contributed by atoms with Crippen molar-refractivity contribution in [2.24, 2.45) is 5.16 Å². The van der Waals surface area contributed by atoms with E-state index in [0.29, 0.717) is 40.2 Å². The summed E-state index contributed by atoms with van der Waals surface area (Å²) in [4.78, 5) is 0. The predicted octanol–water partition coefficient (Wildman–Crippen LogP) is 4.23. The van der Waals surface area contributed by atoms with Gasteiger partial charge in [0.1, 0.15) is 0 Å². The van der Waals surface area contributed by atoms with Crippen LogP contribution in [0.4, 0.5) is 0 Å². The Bertz CT molecular complexity index is 833. The van der Waals surface area contributed by atoms with Crippen molar-refractivity contribution >= 4 is 5.71 Å². The second-order valence-electron chi connectivity index (χ2n) is 7.12. The number of ether oxygens (including phenoxy) is 6. The second-order valence-corrected chi connectivity index (χ2v) is 7.12. The molecular weight excluding hydrogens is 402 g/mol. The van der Waals surface area contributed by atoms with E-state index in [2.05, 4.69) is 5.16 Å². The molecule has 168 valence electrons. The number of oxime groups is 1. The van der Waals surface area contributed by atoms with Crippen molar-refractivity contribution in [3.05, 3.63) is 35.4 Å². The summed E-state index contributed by atoms with van der Waals surface area (Å²) in [5, 5.41) is 13.7. The Labute approximate surface area is 182 Å². The summed E-state index contributed by atoms with van der Waals surface area (Å²) >= 11 is 0. The molecule has 0 saturated heterocycles. The first-order valence-corrected chi connectivity index (χ1v) is 9.88. The molecule has 0 aromatic heterocycles. The monoisotopic (exact) mass is 431 g/mol. The zero-order valence-electron chi connectivity index (χ0n) is 18.7. The highest BCUT2D eigenvalue weighted by atomic mass is 16.5. The van der Waals surface area contributed by atoms with E-state index in [1.54, 1.807) is 42.7 Å². The minimum absolute atomic E-state index is 0.109. The van der Waals surface area contributed by atoms with Crippen LogP contribution in [0.5, 0.6) is 34.5 Å². The zero-order valence-corrected chi connectivity index (χ0v) is 18.7. The van der Waals surface area contributed by atoms with E-state index in [0.717, 1.165) is 24.0 Å². The van der Waals surface area contributed by atoms with Gasteiger partial charge in [-0.25, -0.2) is 0 Å². The van der Waals surface area contributed by atoms with Gasteiger partial charge in [0.2, 0.25) is 11.5 Å². The summed E-state index contributed by atoms with van der Waals surface area (Å²) in [6, 6.07) is 7.59. The van der Waals surface area contributed by atoms with Gasteiger partial charge in [-0.2, -0.15) is 0 Å². The Balaban J connectivity index is 2.03. The lowest BCUT2D eigenvalue weighted by molar-refractivity contribution is 0.315. The molecule has 1 aliphatic carbocycles. The molecular formula is C23H29NO7. The minimum atomic E-state index is -0.109. The maximum Gasteiger partial charge on any atom is 0.203 e. The molecule has 0 heterocycles. The maximum absolute atomic E-state index is 9.95. The van der Waals surface area contributed by atoms with E-state index in [-0.39, 0.29) is 11.8 Å². The van der Waals surface area contributed by atoms with Crippen LogP contribution >= 0.6 is 0 Å². The number of nitrogens with zero attached hydrogens (tertiary/aromatic N) is 1. The van der Waals surface area contributed by atoms with Crippen LogP contribution < -0.4 is 28.4 Å². The van der Waals surface area contributed by atoms with Crippen molar-refractivity contribution in [1.82, 2.24) is 0 Å². The highest BCUT2D eigenvalue weighted by Crippen LogP contribution is 2.48. The molecule has 0 spiro atoms. The van der Waals surface area contributed by atoms with Gasteiger partial charge in [-0.3, -0.25) is 0 Å². The first-order chi connectivity index (χ1) is 15.1. The van der Waals surface area contributed by atoms with Gasteiger partial charge in [0.05, 0.1) is 48.4 Å². The molecule has 0 unspecified atom stereocenters. The van der Waals surface area contributed by atoms with Crippen LogP contribution in [0.15, 0.2) is 29.4 Å². The van der Waals surface area contributed by atoms with Gasteiger partial charge in [-0.05, 0) is 48.2 Å². The predicted molar refractivity (Wildman–Crippen MR) is 116 cm³/mol. The van der Waals surface area contributed by atoms with Gasteiger partial charge in [0, 0.05) is 11.8 Å². The molecule has 2 atom stereocenters. The summed E-state index contributed by atoms with van der Waals surface area (Å²) < 4.78 is 32.8. The highest BCUT2D eigenvalue weighted by Gasteiger charge is 2.36. The molecule has 1 saturated carbocycles. The Morgan fingerprint density at radius 3 is 1.16 bits per heavy atom. The quantitative estimate of drug-likeness (QED) is 0.494. The highest BCUT2D eigenvalue weighted by molar-refractivity contribution is 5.98. The van der Waals surface area contributed by atoms with E-state index in [9.17, 15) is 5.21 Å². The Morgan fingerprint density at radius 1 is 0.613 bits per heavy atom. The normalized spacial score (nSPS) is 17.8. The van der Waals surface area contributed by atoms with E-state index >= 15 is 0 Å². The number of methoxy groups -OCH3 is 6. The Kier molecular flexibility index (Phi) is 6.99. The summed E-state index contributed by atoms with van der Waals surface area (Å²) in [6.07, 6.45) is 1.58. The Morgan fingerprint density at radius 2 is 0.935 bits per heavy atom. The van der Waals surface area contributed by atoms with Gasteiger partial charge in [0.25, 0.3) is 0 Å². The SMILES string of the molecule is COc1cc([C@H]2CC[C@H](c3cc(OC)c(OC)c(OC)c3)C2=NO)cc(OC)c1OC. The van der Waals surface area contributed by atoms with Gasteiger partial charge < -0.3 is 33.6 Å². The molecule has 2 aromatic carbocycles. The molecule has 8 nitrogen and oxygen atoms in total. The van der Waals surface area contributed by atoms with E-state index in [1.165, 1.54) is 0 Å². The summed E-state index contributed by atoms with van der Waals surface area (Å²) in [5.41, 5.74) is 2.51. The average Bonchev–Trinajstić information content (AvgIpc) is 3.25. The van der Waals surface area contributed by atoms with Gasteiger partial charge in [0.15, 0.2) is 23.0 Å². The smallest absolute Gasteiger partial charge is 0.203 e. The molecule has 0 bridgehead atoms. The van der Waals surface area contributed by atoms with Crippen molar-refractivity contribution < 1.29 is 33.6 Å². The molecule has 8 heteroatoms. The van der Waals surface area contributed by atoms with Gasteiger partial charge in [-0.15, -0.1) is 0 Å². The molecule has 31 heavy (non-hydrogen) atoms. The number of rotatable bonds is 8. The lowest BCUT2D eigenvalue weighted by Gasteiger charge is -2.20. The third kappa shape index (κ3) is 4.02. The fourth-order valence-corrected chi connectivity index (χ4v) is 4.29. The van der Waals surface area contributed by atoms with Crippen molar-refractivity contribution in [3.63, 3.8) is 0 Å². The van der Waals surface area contributed by atoms with Crippen molar-refractivity contribution in [2.75, 3.05) is 42.7 Å². The first kappa shape index (κ1) is 22.4. The summed E-state index contributed by atoms with van der Waals surface area (Å²) in [7, 11) is 9.45. The molecule has 1 fully saturated rings. The van der Waals surface area contributed by atoms with Crippen LogP contribution in [-0.4, -0.2) is 53.6 Å². The van der Waals surface area contributed by atoms with Gasteiger partial charge >= 0.3 is 0 Å². The fraction of sp³-hybridized carbons (Fsp3) is 0.435. The second kappa shape index (κ2) is 9.68. The summed E-state index contributed by atoms with van der Waals surface area (Å²) in [6.45, 7) is 0. The van der Waals surface area contributed by atoms with Crippen LogP contribution in [0.3, 0.4) is 0 Å². The third-order valence-corrected chi connectivity index (χ3v) is 5.75. The molecule has 2 aromatic rings. The molecule has 0 aliphatic heterocycles. The molecule has 0 radical (unpaired) electrons. The van der Waals surface area contributed by atoms with Gasteiger partial charge in [-0.1, -0.05) is 5.16 Å². The maximum atomic E-state index is 9.95. The Hall–Kier alpha value is -3.29. The summed E-state index contributed by atoms with van der Waals surface area (Å²) in [5.74, 6) is 3.07. The molecule has 0 amide bonds. The lowest BCUT2D eigenvalue weighted by Crippen LogP contribution is -2.13. The first-order valence-electron chi connectivity index (χ1n) is 9.88.